The molecule has 0 heterocycles. The van der Waals surface area contributed by atoms with Gasteiger partial charge in [0.1, 0.15) is 5.75 Å². The first kappa shape index (κ1) is 29.4. The van der Waals surface area contributed by atoms with Gasteiger partial charge in [0.25, 0.3) is 0 Å². The minimum absolute atomic E-state index is 0. The Kier molecular flexibility index (Phi) is 25.6. The highest BCUT2D eigenvalue weighted by atomic mass is 35.5. The summed E-state index contributed by atoms with van der Waals surface area (Å²) in [6.07, 6.45) is 0. The minimum atomic E-state index is -0.345. The predicted octanol–water partition coefficient (Wildman–Crippen LogP) is 3.20. The molecule has 8 heteroatoms. The molecule has 0 spiro atoms. The molecule has 1 radical (unpaired) electrons. The lowest BCUT2D eigenvalue weighted by atomic mass is 10.3. The molecule has 16 heavy (non-hydrogen) atoms. The SMILES string of the molecule is CC(=O)Oc1ccccc1[S].Cl.F.F.F.F. The lowest BCUT2D eigenvalue weighted by Gasteiger charge is -2.01. The Labute approximate surface area is 102 Å². The van der Waals surface area contributed by atoms with Crippen LogP contribution in [0, 0.1) is 0 Å². The molecule has 0 atom stereocenters. The molecule has 1 aromatic carbocycles. The minimum Gasteiger partial charge on any atom is -0.425 e. The summed E-state index contributed by atoms with van der Waals surface area (Å²) in [4.78, 5) is 11.1. The molecule has 0 aliphatic rings. The zero-order valence-electron chi connectivity index (χ0n) is 8.08. The Hall–Kier alpha value is -1.08. The van der Waals surface area contributed by atoms with Crippen molar-refractivity contribution < 1.29 is 28.3 Å². The third-order valence-corrected chi connectivity index (χ3v) is 1.44. The maximum atomic E-state index is 10.5. The fourth-order valence-electron chi connectivity index (χ4n) is 0.689. The number of para-hydroxylation sites is 1. The molecule has 1 aromatic rings. The number of halogens is 5. The van der Waals surface area contributed by atoms with Crippen LogP contribution in [0.2, 0.25) is 0 Å². The van der Waals surface area contributed by atoms with Crippen molar-refractivity contribution >= 4 is 31.0 Å². The summed E-state index contributed by atoms with van der Waals surface area (Å²) in [5.74, 6) is 0.109. The quantitative estimate of drug-likeness (QED) is 0.449. The fourth-order valence-corrected chi connectivity index (χ4v) is 0.878. The average Bonchev–Trinajstić information content (AvgIpc) is 1.93. The second kappa shape index (κ2) is 13.9. The number of ether oxygens (including phenoxy) is 1. The van der Waals surface area contributed by atoms with Crippen LogP contribution in [0.3, 0.4) is 0 Å². The van der Waals surface area contributed by atoms with Crippen molar-refractivity contribution in [1.82, 2.24) is 0 Å². The van der Waals surface area contributed by atoms with Gasteiger partial charge in [0.05, 0.1) is 4.90 Å². The van der Waals surface area contributed by atoms with Gasteiger partial charge in [0, 0.05) is 6.92 Å². The van der Waals surface area contributed by atoms with Crippen molar-refractivity contribution in [2.24, 2.45) is 0 Å². The topological polar surface area (TPSA) is 26.3 Å². The maximum absolute atomic E-state index is 10.5. The molecule has 1 rings (SSSR count). The van der Waals surface area contributed by atoms with Gasteiger partial charge in [-0.05, 0) is 12.1 Å². The van der Waals surface area contributed by atoms with Crippen LogP contribution in [-0.2, 0) is 4.79 Å². The average molecular weight is 284 g/mol. The van der Waals surface area contributed by atoms with Gasteiger partial charge in [-0.1, -0.05) is 24.8 Å². The molecule has 2 nitrogen and oxygen atoms in total. The van der Waals surface area contributed by atoms with E-state index in [2.05, 4.69) is 0 Å². The molecule has 0 saturated carbocycles. The zero-order valence-corrected chi connectivity index (χ0v) is 9.71. The van der Waals surface area contributed by atoms with E-state index in [-0.39, 0.29) is 37.2 Å². The third kappa shape index (κ3) is 9.47. The van der Waals surface area contributed by atoms with Gasteiger partial charge >= 0.3 is 5.97 Å². The number of carbonyl (C=O) groups is 1. The van der Waals surface area contributed by atoms with Gasteiger partial charge in [-0.2, -0.15) is 0 Å². The first-order valence-electron chi connectivity index (χ1n) is 3.14. The van der Waals surface area contributed by atoms with Gasteiger partial charge < -0.3 is 4.74 Å². The van der Waals surface area contributed by atoms with Crippen LogP contribution < -0.4 is 4.74 Å². The van der Waals surface area contributed by atoms with E-state index in [0.717, 1.165) is 0 Å². The molecule has 0 fully saturated rings. The van der Waals surface area contributed by atoms with Crippen LogP contribution >= 0.6 is 25.0 Å². The first-order chi connectivity index (χ1) is 5.20. The van der Waals surface area contributed by atoms with Crippen molar-refractivity contribution in [3.8, 4) is 5.75 Å². The molecule has 0 N–H and O–H groups in total. The lowest BCUT2D eigenvalue weighted by molar-refractivity contribution is -0.132. The van der Waals surface area contributed by atoms with Crippen LogP contribution in [0.15, 0.2) is 29.2 Å². The smallest absolute Gasteiger partial charge is 0.308 e. The van der Waals surface area contributed by atoms with E-state index in [1.807, 2.05) is 0 Å². The van der Waals surface area contributed by atoms with Crippen molar-refractivity contribution in [3.63, 3.8) is 0 Å². The summed E-state index contributed by atoms with van der Waals surface area (Å²) in [7, 11) is 0. The molecule has 0 aliphatic heterocycles. The summed E-state index contributed by atoms with van der Waals surface area (Å²) >= 11 is 4.89. The van der Waals surface area contributed by atoms with Crippen LogP contribution in [0.25, 0.3) is 0 Å². The van der Waals surface area contributed by atoms with E-state index in [0.29, 0.717) is 10.6 Å². The van der Waals surface area contributed by atoms with Gasteiger partial charge in [0.2, 0.25) is 0 Å². The summed E-state index contributed by atoms with van der Waals surface area (Å²) in [6.45, 7) is 1.35. The first-order valence-corrected chi connectivity index (χ1v) is 3.55. The largest absolute Gasteiger partial charge is 0.425 e. The number of carbonyl (C=O) groups excluding carboxylic acids is 1. The van der Waals surface area contributed by atoms with Crippen LogP contribution in [-0.4, -0.2) is 5.97 Å². The van der Waals surface area contributed by atoms with Gasteiger partial charge in [0.15, 0.2) is 0 Å². The highest BCUT2D eigenvalue weighted by Crippen LogP contribution is 2.20. The Morgan fingerprint density at radius 1 is 1.12 bits per heavy atom. The molecule has 0 amide bonds. The van der Waals surface area contributed by atoms with E-state index in [1.165, 1.54) is 6.92 Å². The molecular formula is C8H12ClF4O2S. The number of hydrogen-bond acceptors (Lipinski definition) is 2. The van der Waals surface area contributed by atoms with E-state index in [4.69, 9.17) is 17.4 Å². The van der Waals surface area contributed by atoms with E-state index < -0.39 is 0 Å². The number of hydrogen-bond donors (Lipinski definition) is 0. The molecule has 0 unspecified atom stereocenters. The van der Waals surface area contributed by atoms with Crippen LogP contribution in [0.4, 0.5) is 18.8 Å². The highest BCUT2D eigenvalue weighted by molar-refractivity contribution is 7.80. The van der Waals surface area contributed by atoms with E-state index >= 15 is 0 Å². The van der Waals surface area contributed by atoms with Crippen molar-refractivity contribution in [2.75, 3.05) is 0 Å². The molecule has 0 bridgehead atoms. The molecule has 0 aliphatic carbocycles. The number of esters is 1. The standard InChI is InChI=1S/C8H7O2S.ClH.4FH/c1-6(9)10-7-4-2-3-5-8(7)11;;;;;/h2-5H,1H3;5*1H. The molecular weight excluding hydrogens is 272 g/mol. The van der Waals surface area contributed by atoms with E-state index in [9.17, 15) is 4.79 Å². The molecule has 0 aromatic heterocycles. The molecule has 97 valence electrons. The normalized spacial score (nSPS) is 6.31. The number of rotatable bonds is 1. The zero-order chi connectivity index (χ0) is 8.27. The Morgan fingerprint density at radius 2 is 1.56 bits per heavy atom. The monoisotopic (exact) mass is 283 g/mol. The van der Waals surface area contributed by atoms with Crippen molar-refractivity contribution in [1.29, 1.82) is 0 Å². The summed E-state index contributed by atoms with van der Waals surface area (Å²) in [5.41, 5.74) is 0. The Bertz CT molecular complexity index is 288. The van der Waals surface area contributed by atoms with Crippen molar-refractivity contribution in [2.45, 2.75) is 11.8 Å². The third-order valence-electron chi connectivity index (χ3n) is 1.10. The van der Waals surface area contributed by atoms with Crippen molar-refractivity contribution in [3.05, 3.63) is 24.3 Å². The predicted molar refractivity (Wildman–Crippen MR) is 60.9 cm³/mol. The Morgan fingerprint density at radius 3 is 1.94 bits per heavy atom. The number of benzene rings is 1. The van der Waals surface area contributed by atoms with Gasteiger partial charge in [-0.3, -0.25) is 23.6 Å². The Balaban J connectivity index is -0.0000000807. The van der Waals surface area contributed by atoms with Gasteiger partial charge in [-0.15, -0.1) is 12.4 Å². The highest BCUT2D eigenvalue weighted by Gasteiger charge is 2.00. The lowest BCUT2D eigenvalue weighted by Crippen LogP contribution is -2.01. The van der Waals surface area contributed by atoms with Crippen LogP contribution in [0.1, 0.15) is 6.92 Å². The second-order valence-electron chi connectivity index (χ2n) is 2.04. The van der Waals surface area contributed by atoms with E-state index in [1.54, 1.807) is 24.3 Å². The summed E-state index contributed by atoms with van der Waals surface area (Å²) in [6, 6.07) is 6.96. The maximum Gasteiger partial charge on any atom is 0.308 e. The summed E-state index contributed by atoms with van der Waals surface area (Å²) < 4.78 is 4.80. The van der Waals surface area contributed by atoms with Crippen LogP contribution in [0.5, 0.6) is 5.75 Å². The summed E-state index contributed by atoms with van der Waals surface area (Å²) in [5, 5.41) is 0. The second-order valence-corrected chi connectivity index (χ2v) is 2.48. The molecule has 0 saturated heterocycles. The van der Waals surface area contributed by atoms with Gasteiger partial charge in [-0.25, -0.2) is 0 Å². The fraction of sp³-hybridized carbons (Fsp3) is 0.125.